The van der Waals surface area contributed by atoms with Crippen molar-refractivity contribution in [2.75, 3.05) is 40.0 Å². The summed E-state index contributed by atoms with van der Waals surface area (Å²) >= 11 is 0. The highest BCUT2D eigenvalue weighted by Crippen LogP contribution is 2.21. The van der Waals surface area contributed by atoms with E-state index in [9.17, 15) is 4.79 Å². The van der Waals surface area contributed by atoms with Crippen LogP contribution in [-0.4, -0.2) is 62.9 Å². The van der Waals surface area contributed by atoms with Gasteiger partial charge in [-0.1, -0.05) is 0 Å². The van der Waals surface area contributed by atoms with Gasteiger partial charge in [-0.15, -0.1) is 0 Å². The van der Waals surface area contributed by atoms with E-state index in [0.717, 1.165) is 26.2 Å². The highest BCUT2D eigenvalue weighted by Gasteiger charge is 2.31. The summed E-state index contributed by atoms with van der Waals surface area (Å²) in [7, 11) is 1.76. The molecule has 5 nitrogen and oxygen atoms in total. The molecule has 2 unspecified atom stereocenters. The first-order chi connectivity index (χ1) is 9.72. The lowest BCUT2D eigenvalue weighted by Gasteiger charge is -2.34. The number of hydrogen-bond acceptors (Lipinski definition) is 5. The van der Waals surface area contributed by atoms with Crippen molar-refractivity contribution >= 4 is 5.97 Å². The zero-order valence-corrected chi connectivity index (χ0v) is 12.8. The summed E-state index contributed by atoms with van der Waals surface area (Å²) < 4.78 is 10.5. The maximum atomic E-state index is 12.1. The van der Waals surface area contributed by atoms with Crippen LogP contribution in [0, 0.1) is 5.92 Å². The number of carbonyl (C=O) groups is 1. The Bertz CT molecular complexity index is 305. The molecule has 1 saturated heterocycles. The molecule has 0 amide bonds. The molecule has 5 heteroatoms. The Morgan fingerprint density at radius 1 is 1.40 bits per heavy atom. The van der Waals surface area contributed by atoms with Gasteiger partial charge in [0.05, 0.1) is 13.2 Å². The summed E-state index contributed by atoms with van der Waals surface area (Å²) in [4.78, 5) is 14.4. The zero-order chi connectivity index (χ0) is 14.4. The molecule has 1 aliphatic heterocycles. The van der Waals surface area contributed by atoms with Crippen LogP contribution in [0.5, 0.6) is 0 Å². The number of nitrogens with zero attached hydrogens (tertiary/aromatic N) is 1. The Kier molecular flexibility index (Phi) is 6.26. The molecule has 1 saturated carbocycles. The number of hydrogen-bond donors (Lipinski definition) is 1. The van der Waals surface area contributed by atoms with E-state index < -0.39 is 0 Å². The van der Waals surface area contributed by atoms with Crippen LogP contribution in [-0.2, 0) is 14.3 Å². The van der Waals surface area contributed by atoms with E-state index in [1.807, 2.05) is 6.92 Å². The number of likely N-dealkylation sites (tertiary alicyclic amines) is 1. The largest absolute Gasteiger partial charge is 0.465 e. The first-order valence-electron chi connectivity index (χ1n) is 7.87. The van der Waals surface area contributed by atoms with Crippen LogP contribution in [0.4, 0.5) is 0 Å². The van der Waals surface area contributed by atoms with Crippen LogP contribution in [0.3, 0.4) is 0 Å². The van der Waals surface area contributed by atoms with Gasteiger partial charge in [0.1, 0.15) is 6.04 Å². The third-order valence-corrected chi connectivity index (χ3v) is 4.03. The minimum absolute atomic E-state index is 0.103. The molecular weight excluding hydrogens is 256 g/mol. The number of piperidine rings is 1. The number of nitrogens with one attached hydrogen (secondary N) is 1. The molecular formula is C15H28N2O3. The van der Waals surface area contributed by atoms with Gasteiger partial charge in [0.25, 0.3) is 0 Å². The monoisotopic (exact) mass is 284 g/mol. The Morgan fingerprint density at radius 2 is 2.20 bits per heavy atom. The minimum atomic E-state index is -0.177. The predicted molar refractivity (Wildman–Crippen MR) is 77.6 cm³/mol. The standard InChI is InChI=1S/C15H28N2O3/c1-3-20-15(18)14(16-13-6-7-13)10-17-8-4-5-12(9-17)11-19-2/h12-14,16H,3-11H2,1-2H3. The summed E-state index contributed by atoms with van der Waals surface area (Å²) in [5.41, 5.74) is 0. The maximum absolute atomic E-state index is 12.1. The Morgan fingerprint density at radius 3 is 2.85 bits per heavy atom. The van der Waals surface area contributed by atoms with Crippen molar-refractivity contribution in [1.29, 1.82) is 0 Å². The maximum Gasteiger partial charge on any atom is 0.324 e. The highest BCUT2D eigenvalue weighted by molar-refractivity contribution is 5.76. The SMILES string of the molecule is CCOC(=O)C(CN1CCCC(COC)C1)NC1CC1. The molecule has 0 aromatic carbocycles. The minimum Gasteiger partial charge on any atom is -0.465 e. The molecule has 1 N–H and O–H groups in total. The number of methoxy groups -OCH3 is 1. The van der Waals surface area contributed by atoms with Crippen LogP contribution in [0.25, 0.3) is 0 Å². The number of esters is 1. The van der Waals surface area contributed by atoms with Gasteiger partial charge in [0, 0.05) is 26.2 Å². The lowest BCUT2D eigenvalue weighted by Crippen LogP contribution is -2.50. The second-order valence-corrected chi connectivity index (χ2v) is 5.97. The average Bonchev–Trinajstić information content (AvgIpc) is 3.23. The number of rotatable bonds is 8. The number of carbonyl (C=O) groups excluding carboxylic acids is 1. The Hall–Kier alpha value is -0.650. The zero-order valence-electron chi connectivity index (χ0n) is 12.8. The molecule has 2 atom stereocenters. The molecule has 0 aromatic heterocycles. The highest BCUT2D eigenvalue weighted by atomic mass is 16.5. The van der Waals surface area contributed by atoms with Crippen LogP contribution in [0.1, 0.15) is 32.6 Å². The molecule has 0 aromatic rings. The second-order valence-electron chi connectivity index (χ2n) is 5.97. The van der Waals surface area contributed by atoms with Gasteiger partial charge in [-0.25, -0.2) is 0 Å². The van der Waals surface area contributed by atoms with Gasteiger partial charge in [-0.2, -0.15) is 0 Å². The van der Waals surface area contributed by atoms with E-state index >= 15 is 0 Å². The summed E-state index contributed by atoms with van der Waals surface area (Å²) in [6.07, 6.45) is 4.78. The predicted octanol–water partition coefficient (Wildman–Crippen LogP) is 1.03. The number of ether oxygens (including phenoxy) is 2. The van der Waals surface area contributed by atoms with E-state index in [1.165, 1.54) is 25.7 Å². The van der Waals surface area contributed by atoms with E-state index in [0.29, 0.717) is 18.6 Å². The van der Waals surface area contributed by atoms with E-state index in [4.69, 9.17) is 9.47 Å². The molecule has 0 radical (unpaired) electrons. The van der Waals surface area contributed by atoms with Crippen molar-refractivity contribution in [3.63, 3.8) is 0 Å². The first-order valence-corrected chi connectivity index (χ1v) is 7.87. The fourth-order valence-electron chi connectivity index (χ4n) is 2.92. The van der Waals surface area contributed by atoms with Crippen molar-refractivity contribution in [2.45, 2.75) is 44.7 Å². The van der Waals surface area contributed by atoms with Crippen LogP contribution in [0.15, 0.2) is 0 Å². The lowest BCUT2D eigenvalue weighted by molar-refractivity contribution is -0.146. The molecule has 0 spiro atoms. The molecule has 20 heavy (non-hydrogen) atoms. The van der Waals surface area contributed by atoms with Crippen molar-refractivity contribution in [3.05, 3.63) is 0 Å². The molecule has 116 valence electrons. The van der Waals surface area contributed by atoms with Crippen LogP contribution >= 0.6 is 0 Å². The van der Waals surface area contributed by atoms with Gasteiger partial charge in [-0.3, -0.25) is 4.79 Å². The lowest BCUT2D eigenvalue weighted by atomic mass is 9.98. The quantitative estimate of drug-likeness (QED) is 0.675. The summed E-state index contributed by atoms with van der Waals surface area (Å²) in [5, 5.41) is 3.42. The van der Waals surface area contributed by atoms with Gasteiger partial charge >= 0.3 is 5.97 Å². The Balaban J connectivity index is 1.83. The van der Waals surface area contributed by atoms with Gasteiger partial charge < -0.3 is 19.7 Å². The third-order valence-electron chi connectivity index (χ3n) is 4.03. The second kappa shape index (κ2) is 7.96. The summed E-state index contributed by atoms with van der Waals surface area (Å²) in [6.45, 7) is 5.99. The smallest absolute Gasteiger partial charge is 0.324 e. The van der Waals surface area contributed by atoms with E-state index in [1.54, 1.807) is 7.11 Å². The third kappa shape index (κ3) is 5.04. The van der Waals surface area contributed by atoms with Crippen molar-refractivity contribution in [1.82, 2.24) is 10.2 Å². The van der Waals surface area contributed by atoms with Gasteiger partial charge in [0.15, 0.2) is 0 Å². The van der Waals surface area contributed by atoms with Crippen LogP contribution < -0.4 is 5.32 Å². The topological polar surface area (TPSA) is 50.8 Å². The fourth-order valence-corrected chi connectivity index (χ4v) is 2.92. The molecule has 0 bridgehead atoms. The fraction of sp³-hybridized carbons (Fsp3) is 0.933. The first kappa shape index (κ1) is 15.7. The van der Waals surface area contributed by atoms with Crippen LogP contribution in [0.2, 0.25) is 0 Å². The molecule has 1 heterocycles. The summed E-state index contributed by atoms with van der Waals surface area (Å²) in [6, 6.07) is 0.340. The van der Waals surface area contributed by atoms with E-state index in [-0.39, 0.29) is 12.0 Å². The normalized spacial score (nSPS) is 25.4. The molecule has 2 rings (SSSR count). The van der Waals surface area contributed by atoms with E-state index in [2.05, 4.69) is 10.2 Å². The van der Waals surface area contributed by atoms with Gasteiger partial charge in [-0.05, 0) is 45.1 Å². The Labute approximate surface area is 122 Å². The molecule has 1 aliphatic carbocycles. The summed E-state index contributed by atoms with van der Waals surface area (Å²) in [5.74, 6) is 0.491. The van der Waals surface area contributed by atoms with Crippen molar-refractivity contribution < 1.29 is 14.3 Å². The molecule has 2 aliphatic rings. The van der Waals surface area contributed by atoms with Crippen molar-refractivity contribution in [3.8, 4) is 0 Å². The molecule has 2 fully saturated rings. The van der Waals surface area contributed by atoms with Crippen molar-refractivity contribution in [2.24, 2.45) is 5.92 Å². The average molecular weight is 284 g/mol. The van der Waals surface area contributed by atoms with Gasteiger partial charge in [0.2, 0.25) is 0 Å².